The molecule has 0 spiro atoms. The molecule has 1 fully saturated rings. The van der Waals surface area contributed by atoms with E-state index in [1.165, 1.54) is 23.3 Å². The van der Waals surface area contributed by atoms with Gasteiger partial charge in [0, 0.05) is 16.7 Å². The van der Waals surface area contributed by atoms with Crippen LogP contribution in [-0.2, 0) is 0 Å². The van der Waals surface area contributed by atoms with Crippen LogP contribution in [0, 0.1) is 12.8 Å². The summed E-state index contributed by atoms with van der Waals surface area (Å²) in [6, 6.07) is 9.00. The molecular weight excluding hydrogens is 204 g/mol. The van der Waals surface area contributed by atoms with Gasteiger partial charge in [-0.1, -0.05) is 18.2 Å². The molecule has 82 valence electrons. The molecule has 3 heteroatoms. The fourth-order valence-corrected chi connectivity index (χ4v) is 2.91. The van der Waals surface area contributed by atoms with Crippen LogP contribution in [0.2, 0.25) is 0 Å². The molecule has 15 heavy (non-hydrogen) atoms. The van der Waals surface area contributed by atoms with Crippen LogP contribution >= 0.6 is 11.8 Å². The first-order valence-electron chi connectivity index (χ1n) is 5.46. The first kappa shape index (κ1) is 11.0. The van der Waals surface area contributed by atoms with Crippen molar-refractivity contribution in [1.82, 2.24) is 5.43 Å². The second-order valence-corrected chi connectivity index (χ2v) is 5.25. The number of hydrogen-bond donors (Lipinski definition) is 2. The zero-order chi connectivity index (χ0) is 10.7. The molecule has 1 saturated carbocycles. The zero-order valence-electron chi connectivity index (χ0n) is 9.07. The van der Waals surface area contributed by atoms with E-state index in [-0.39, 0.29) is 0 Å². The van der Waals surface area contributed by atoms with Crippen LogP contribution in [0.4, 0.5) is 0 Å². The van der Waals surface area contributed by atoms with Crippen LogP contribution in [0.1, 0.15) is 18.4 Å². The van der Waals surface area contributed by atoms with Crippen molar-refractivity contribution in [2.45, 2.75) is 30.7 Å². The topological polar surface area (TPSA) is 38.0 Å². The zero-order valence-corrected chi connectivity index (χ0v) is 9.89. The summed E-state index contributed by atoms with van der Waals surface area (Å²) in [5.41, 5.74) is 4.29. The van der Waals surface area contributed by atoms with Gasteiger partial charge in [-0.3, -0.25) is 11.3 Å². The smallest absolute Gasteiger partial charge is 0.0332 e. The molecule has 1 aromatic carbocycles. The lowest BCUT2D eigenvalue weighted by atomic mass is 10.2. The number of rotatable bonds is 5. The molecule has 0 bridgehead atoms. The molecule has 1 aromatic rings. The van der Waals surface area contributed by atoms with Crippen LogP contribution < -0.4 is 11.3 Å². The van der Waals surface area contributed by atoms with E-state index < -0.39 is 0 Å². The number of thioether (sulfide) groups is 1. The Labute approximate surface area is 95.6 Å². The molecule has 0 amide bonds. The number of aryl methyl sites for hydroxylation is 1. The monoisotopic (exact) mass is 222 g/mol. The predicted octanol–water partition coefficient (Wildman–Crippen LogP) is 2.33. The Hall–Kier alpha value is -0.510. The Morgan fingerprint density at radius 2 is 2.20 bits per heavy atom. The van der Waals surface area contributed by atoms with Gasteiger partial charge in [-0.2, -0.15) is 0 Å². The van der Waals surface area contributed by atoms with Gasteiger partial charge in [0.2, 0.25) is 0 Å². The molecule has 1 aliphatic rings. The molecule has 0 aromatic heterocycles. The Kier molecular flexibility index (Phi) is 3.67. The van der Waals surface area contributed by atoms with E-state index in [2.05, 4.69) is 36.6 Å². The summed E-state index contributed by atoms with van der Waals surface area (Å²) in [5, 5.41) is 0. The van der Waals surface area contributed by atoms with Crippen molar-refractivity contribution in [1.29, 1.82) is 0 Å². The van der Waals surface area contributed by atoms with Crippen molar-refractivity contribution < 1.29 is 0 Å². The highest BCUT2D eigenvalue weighted by Gasteiger charge is 2.30. The molecule has 1 atom stereocenters. The quantitative estimate of drug-likeness (QED) is 0.456. The van der Waals surface area contributed by atoms with E-state index in [0.717, 1.165) is 11.7 Å². The fraction of sp³-hybridized carbons (Fsp3) is 0.500. The van der Waals surface area contributed by atoms with Crippen molar-refractivity contribution in [3.8, 4) is 0 Å². The van der Waals surface area contributed by atoms with E-state index in [9.17, 15) is 0 Å². The third-order valence-electron chi connectivity index (χ3n) is 2.92. The molecule has 0 radical (unpaired) electrons. The van der Waals surface area contributed by atoms with Crippen LogP contribution in [0.3, 0.4) is 0 Å². The van der Waals surface area contributed by atoms with Gasteiger partial charge < -0.3 is 0 Å². The lowest BCUT2D eigenvalue weighted by Gasteiger charge is -2.14. The van der Waals surface area contributed by atoms with Crippen molar-refractivity contribution in [3.05, 3.63) is 29.8 Å². The normalized spacial score (nSPS) is 17.7. The van der Waals surface area contributed by atoms with E-state index >= 15 is 0 Å². The predicted molar refractivity (Wildman–Crippen MR) is 65.7 cm³/mol. The Morgan fingerprint density at radius 3 is 2.80 bits per heavy atom. The Morgan fingerprint density at radius 1 is 1.47 bits per heavy atom. The van der Waals surface area contributed by atoms with Crippen molar-refractivity contribution in [2.24, 2.45) is 11.8 Å². The first-order chi connectivity index (χ1) is 7.31. The summed E-state index contributed by atoms with van der Waals surface area (Å²) in [4.78, 5) is 1.37. The molecule has 2 rings (SSSR count). The van der Waals surface area contributed by atoms with E-state index in [1.807, 2.05) is 11.8 Å². The number of hydrazine groups is 1. The third-order valence-corrected chi connectivity index (χ3v) is 4.21. The van der Waals surface area contributed by atoms with Crippen LogP contribution in [0.5, 0.6) is 0 Å². The number of benzene rings is 1. The maximum atomic E-state index is 5.55. The maximum Gasteiger partial charge on any atom is 0.0332 e. The number of hydrogen-bond acceptors (Lipinski definition) is 3. The fourth-order valence-electron chi connectivity index (χ4n) is 1.72. The summed E-state index contributed by atoms with van der Waals surface area (Å²) in [6.07, 6.45) is 2.67. The average molecular weight is 222 g/mol. The van der Waals surface area contributed by atoms with E-state index in [4.69, 9.17) is 5.84 Å². The number of nitrogens with two attached hydrogens (primary N) is 1. The maximum absolute atomic E-state index is 5.55. The summed E-state index contributed by atoms with van der Waals surface area (Å²) >= 11 is 1.91. The van der Waals surface area contributed by atoms with Crippen LogP contribution in [0.15, 0.2) is 29.2 Å². The highest BCUT2D eigenvalue weighted by atomic mass is 32.2. The van der Waals surface area contributed by atoms with Gasteiger partial charge in [0.25, 0.3) is 0 Å². The van der Waals surface area contributed by atoms with E-state index in [0.29, 0.717) is 6.04 Å². The second-order valence-electron chi connectivity index (χ2n) is 4.19. The highest BCUT2D eigenvalue weighted by Crippen LogP contribution is 2.35. The first-order valence-corrected chi connectivity index (χ1v) is 6.44. The largest absolute Gasteiger partial charge is 0.271 e. The second kappa shape index (κ2) is 5.01. The van der Waals surface area contributed by atoms with Gasteiger partial charge in [-0.15, -0.1) is 11.8 Å². The van der Waals surface area contributed by atoms with Crippen molar-refractivity contribution in [3.63, 3.8) is 0 Å². The molecule has 0 saturated heterocycles. The molecule has 3 N–H and O–H groups in total. The minimum Gasteiger partial charge on any atom is -0.271 e. The van der Waals surface area contributed by atoms with E-state index in [1.54, 1.807) is 0 Å². The molecular formula is C12H18N2S. The summed E-state index contributed by atoms with van der Waals surface area (Å²) in [7, 11) is 0. The Bertz CT molecular complexity index is 323. The SMILES string of the molecule is Cc1ccccc1SCC(NN)C1CC1. The molecule has 0 aliphatic heterocycles. The van der Waals surface area contributed by atoms with Gasteiger partial charge in [0.1, 0.15) is 0 Å². The third kappa shape index (κ3) is 2.97. The van der Waals surface area contributed by atoms with Crippen LogP contribution in [-0.4, -0.2) is 11.8 Å². The summed E-state index contributed by atoms with van der Waals surface area (Å²) < 4.78 is 0. The summed E-state index contributed by atoms with van der Waals surface area (Å²) in [5.74, 6) is 7.44. The minimum absolute atomic E-state index is 0.481. The molecule has 2 nitrogen and oxygen atoms in total. The standard InChI is InChI=1S/C12H18N2S/c1-9-4-2-3-5-12(9)15-8-11(14-13)10-6-7-10/h2-5,10-11,14H,6-8,13H2,1H3. The Balaban J connectivity index is 1.89. The lowest BCUT2D eigenvalue weighted by molar-refractivity contribution is 0.520. The van der Waals surface area contributed by atoms with Crippen molar-refractivity contribution in [2.75, 3.05) is 5.75 Å². The highest BCUT2D eigenvalue weighted by molar-refractivity contribution is 7.99. The van der Waals surface area contributed by atoms with Gasteiger partial charge in [-0.25, -0.2) is 0 Å². The van der Waals surface area contributed by atoms with Gasteiger partial charge in [0.05, 0.1) is 0 Å². The molecule has 1 aliphatic carbocycles. The lowest BCUT2D eigenvalue weighted by Crippen LogP contribution is -2.38. The van der Waals surface area contributed by atoms with Crippen LogP contribution in [0.25, 0.3) is 0 Å². The molecule has 1 unspecified atom stereocenters. The molecule has 0 heterocycles. The van der Waals surface area contributed by atoms with Gasteiger partial charge >= 0.3 is 0 Å². The summed E-state index contributed by atoms with van der Waals surface area (Å²) in [6.45, 7) is 2.16. The number of nitrogens with one attached hydrogen (secondary N) is 1. The average Bonchev–Trinajstić information content (AvgIpc) is 3.06. The minimum atomic E-state index is 0.481. The van der Waals surface area contributed by atoms with Crippen molar-refractivity contribution >= 4 is 11.8 Å². The van der Waals surface area contributed by atoms with Gasteiger partial charge in [0.15, 0.2) is 0 Å². The van der Waals surface area contributed by atoms with Gasteiger partial charge in [-0.05, 0) is 37.3 Å².